The van der Waals surface area contributed by atoms with Gasteiger partial charge in [-0.15, -0.1) is 0 Å². The zero-order chi connectivity index (χ0) is 18.9. The third-order valence-electron chi connectivity index (χ3n) is 4.36. The van der Waals surface area contributed by atoms with Crippen LogP contribution in [0, 0.1) is 5.92 Å². The van der Waals surface area contributed by atoms with Gasteiger partial charge in [0.2, 0.25) is 11.8 Å². The van der Waals surface area contributed by atoms with Gasteiger partial charge in [0.1, 0.15) is 6.04 Å². The molecule has 142 valence electrons. The molecule has 1 atom stereocenters. The Labute approximate surface area is 154 Å². The molecule has 0 aromatic heterocycles. The van der Waals surface area contributed by atoms with Crippen LogP contribution in [0.25, 0.3) is 0 Å². The molecule has 26 heavy (non-hydrogen) atoms. The van der Waals surface area contributed by atoms with Crippen LogP contribution in [-0.4, -0.2) is 48.4 Å². The average molecular weight is 360 g/mol. The maximum Gasteiger partial charge on any atom is 0.319 e. The molecule has 4 amide bonds. The summed E-state index contributed by atoms with van der Waals surface area (Å²) in [5.74, 6) is -0.290. The zero-order valence-corrected chi connectivity index (χ0v) is 15.5. The van der Waals surface area contributed by atoms with Crippen molar-refractivity contribution < 1.29 is 14.4 Å². The van der Waals surface area contributed by atoms with E-state index in [1.807, 2.05) is 36.9 Å². The number of urea groups is 1. The van der Waals surface area contributed by atoms with Gasteiger partial charge in [0.25, 0.3) is 0 Å². The lowest BCUT2D eigenvalue weighted by Gasteiger charge is -2.22. The maximum atomic E-state index is 12.4. The molecule has 1 unspecified atom stereocenters. The van der Waals surface area contributed by atoms with Crippen molar-refractivity contribution in [1.82, 2.24) is 15.5 Å². The normalized spacial score (nSPS) is 14.8. The fourth-order valence-electron chi connectivity index (χ4n) is 2.89. The highest BCUT2D eigenvalue weighted by Crippen LogP contribution is 2.09. The molecule has 1 aliphatic rings. The molecule has 1 heterocycles. The number of amides is 4. The number of para-hydroxylation sites is 1. The SMILES string of the molecule is CC(C)C(NC(=O)Nc1ccccc1)C(=O)NCCC(=O)N1CCCC1. The number of nitrogens with one attached hydrogen (secondary N) is 3. The zero-order valence-electron chi connectivity index (χ0n) is 15.5. The molecule has 1 aliphatic heterocycles. The molecule has 3 N–H and O–H groups in total. The number of hydrogen-bond acceptors (Lipinski definition) is 3. The average Bonchev–Trinajstić information content (AvgIpc) is 3.15. The highest BCUT2D eigenvalue weighted by atomic mass is 16.2. The monoisotopic (exact) mass is 360 g/mol. The number of likely N-dealkylation sites (tertiary alicyclic amines) is 1. The topological polar surface area (TPSA) is 90.5 Å². The van der Waals surface area contributed by atoms with Crippen LogP contribution in [0.5, 0.6) is 0 Å². The van der Waals surface area contributed by atoms with Crippen molar-refractivity contribution in [1.29, 1.82) is 0 Å². The van der Waals surface area contributed by atoms with Crippen molar-refractivity contribution in [2.24, 2.45) is 5.92 Å². The number of nitrogens with zero attached hydrogens (tertiary/aromatic N) is 1. The molecule has 1 fully saturated rings. The second-order valence-electron chi connectivity index (χ2n) is 6.82. The molecular formula is C19H28N4O3. The molecule has 1 saturated heterocycles. The summed E-state index contributed by atoms with van der Waals surface area (Å²) in [6.45, 7) is 5.62. The van der Waals surface area contributed by atoms with Crippen LogP contribution < -0.4 is 16.0 Å². The third kappa shape index (κ3) is 6.06. The van der Waals surface area contributed by atoms with E-state index in [0.29, 0.717) is 5.69 Å². The van der Waals surface area contributed by atoms with E-state index in [1.54, 1.807) is 12.1 Å². The predicted molar refractivity (Wildman–Crippen MR) is 101 cm³/mol. The Morgan fingerprint density at radius 2 is 1.73 bits per heavy atom. The molecule has 0 aliphatic carbocycles. The standard InChI is InChI=1S/C19H28N4O3/c1-14(2)17(22-19(26)21-15-8-4-3-5-9-15)18(25)20-11-10-16(24)23-12-6-7-13-23/h3-5,8-9,14,17H,6-7,10-13H2,1-2H3,(H,20,25)(H2,21,22,26). The molecular weight excluding hydrogens is 332 g/mol. The van der Waals surface area contributed by atoms with Gasteiger partial charge in [0.05, 0.1) is 0 Å². The summed E-state index contributed by atoms with van der Waals surface area (Å²) in [5.41, 5.74) is 0.657. The number of anilines is 1. The van der Waals surface area contributed by atoms with Crippen molar-refractivity contribution in [3.8, 4) is 0 Å². The second-order valence-corrected chi connectivity index (χ2v) is 6.82. The van der Waals surface area contributed by atoms with Gasteiger partial charge in [-0.25, -0.2) is 4.79 Å². The largest absolute Gasteiger partial charge is 0.354 e. The summed E-state index contributed by atoms with van der Waals surface area (Å²) in [7, 11) is 0. The van der Waals surface area contributed by atoms with Crippen LogP contribution >= 0.6 is 0 Å². The summed E-state index contributed by atoms with van der Waals surface area (Å²) >= 11 is 0. The number of carbonyl (C=O) groups is 3. The fourth-order valence-corrected chi connectivity index (χ4v) is 2.89. The van der Waals surface area contributed by atoms with E-state index in [0.717, 1.165) is 25.9 Å². The van der Waals surface area contributed by atoms with Gasteiger partial charge in [0, 0.05) is 31.7 Å². The fraction of sp³-hybridized carbons (Fsp3) is 0.526. The van der Waals surface area contributed by atoms with Gasteiger partial charge >= 0.3 is 6.03 Å². The predicted octanol–water partition coefficient (Wildman–Crippen LogP) is 1.96. The van der Waals surface area contributed by atoms with Gasteiger partial charge in [-0.3, -0.25) is 9.59 Å². The highest BCUT2D eigenvalue weighted by molar-refractivity contribution is 5.93. The number of rotatable bonds is 7. The summed E-state index contributed by atoms with van der Waals surface area (Å²) in [4.78, 5) is 38.4. The van der Waals surface area contributed by atoms with E-state index in [9.17, 15) is 14.4 Å². The lowest BCUT2D eigenvalue weighted by Crippen LogP contribution is -2.51. The Kier molecular flexibility index (Phi) is 7.44. The second kappa shape index (κ2) is 9.79. The Morgan fingerprint density at radius 3 is 2.35 bits per heavy atom. The summed E-state index contributed by atoms with van der Waals surface area (Å²) in [6, 6.07) is 7.94. The molecule has 7 nitrogen and oxygen atoms in total. The summed E-state index contributed by atoms with van der Waals surface area (Å²) < 4.78 is 0. The smallest absolute Gasteiger partial charge is 0.319 e. The van der Waals surface area contributed by atoms with Crippen LogP contribution in [0.15, 0.2) is 30.3 Å². The minimum atomic E-state index is -0.666. The molecule has 0 radical (unpaired) electrons. The van der Waals surface area contributed by atoms with Crippen molar-refractivity contribution in [2.45, 2.75) is 39.2 Å². The third-order valence-corrected chi connectivity index (χ3v) is 4.36. The lowest BCUT2D eigenvalue weighted by atomic mass is 10.0. The van der Waals surface area contributed by atoms with Crippen LogP contribution in [0.3, 0.4) is 0 Å². The van der Waals surface area contributed by atoms with E-state index in [2.05, 4.69) is 16.0 Å². The molecule has 0 bridgehead atoms. The van der Waals surface area contributed by atoms with E-state index < -0.39 is 12.1 Å². The van der Waals surface area contributed by atoms with Crippen molar-refractivity contribution in [3.63, 3.8) is 0 Å². The van der Waals surface area contributed by atoms with Crippen molar-refractivity contribution in [2.75, 3.05) is 25.0 Å². The summed E-state index contributed by atoms with van der Waals surface area (Å²) in [5, 5.41) is 8.16. The molecule has 1 aromatic rings. The molecule has 7 heteroatoms. The van der Waals surface area contributed by atoms with Crippen LogP contribution in [0.4, 0.5) is 10.5 Å². The number of carbonyl (C=O) groups excluding carboxylic acids is 3. The first-order valence-corrected chi connectivity index (χ1v) is 9.15. The minimum absolute atomic E-state index is 0.0682. The first kappa shape index (κ1) is 19.8. The van der Waals surface area contributed by atoms with Crippen LogP contribution in [0.1, 0.15) is 33.1 Å². The number of hydrogen-bond donors (Lipinski definition) is 3. The highest BCUT2D eigenvalue weighted by Gasteiger charge is 2.24. The maximum absolute atomic E-state index is 12.4. The summed E-state index contributed by atoms with van der Waals surface area (Å²) in [6.07, 6.45) is 2.38. The Balaban J connectivity index is 1.78. The van der Waals surface area contributed by atoms with Gasteiger partial charge in [-0.2, -0.15) is 0 Å². The van der Waals surface area contributed by atoms with E-state index in [1.165, 1.54) is 0 Å². The van der Waals surface area contributed by atoms with Crippen LogP contribution in [-0.2, 0) is 9.59 Å². The van der Waals surface area contributed by atoms with Gasteiger partial charge < -0.3 is 20.9 Å². The molecule has 0 saturated carbocycles. The first-order valence-electron chi connectivity index (χ1n) is 9.15. The quantitative estimate of drug-likeness (QED) is 0.694. The van der Waals surface area contributed by atoms with Gasteiger partial charge in [0.15, 0.2) is 0 Å². The molecule has 2 rings (SSSR count). The molecule has 0 spiro atoms. The number of benzene rings is 1. The molecule has 1 aromatic carbocycles. The van der Waals surface area contributed by atoms with Crippen LogP contribution in [0.2, 0.25) is 0 Å². The van der Waals surface area contributed by atoms with Gasteiger partial charge in [-0.1, -0.05) is 32.0 Å². The van der Waals surface area contributed by atoms with Gasteiger partial charge in [-0.05, 0) is 30.9 Å². The van der Waals surface area contributed by atoms with E-state index in [-0.39, 0.29) is 30.7 Å². The Hall–Kier alpha value is -2.57. The van der Waals surface area contributed by atoms with E-state index in [4.69, 9.17) is 0 Å². The lowest BCUT2D eigenvalue weighted by molar-refractivity contribution is -0.130. The van der Waals surface area contributed by atoms with E-state index >= 15 is 0 Å². The minimum Gasteiger partial charge on any atom is -0.354 e. The van der Waals surface area contributed by atoms with Crippen molar-refractivity contribution in [3.05, 3.63) is 30.3 Å². The Bertz CT molecular complexity index is 612. The van der Waals surface area contributed by atoms with Crippen molar-refractivity contribution >= 4 is 23.5 Å². The first-order chi connectivity index (χ1) is 12.5. The Morgan fingerprint density at radius 1 is 1.08 bits per heavy atom.